The summed E-state index contributed by atoms with van der Waals surface area (Å²) in [5.41, 5.74) is 1.04. The number of likely N-dealkylation sites (N-methyl/N-ethyl adjacent to an activating group) is 1. The maximum Gasteiger partial charge on any atom is 0.225 e. The molecule has 1 saturated carbocycles. The van der Waals surface area contributed by atoms with Gasteiger partial charge in [-0.2, -0.15) is 0 Å². The number of piperidine rings is 1. The van der Waals surface area contributed by atoms with Crippen molar-refractivity contribution in [1.29, 1.82) is 0 Å². The van der Waals surface area contributed by atoms with Crippen LogP contribution in [0.25, 0.3) is 10.9 Å². The van der Waals surface area contributed by atoms with Crippen molar-refractivity contribution < 1.29 is 4.79 Å². The molecule has 2 fully saturated rings. The van der Waals surface area contributed by atoms with Crippen molar-refractivity contribution in [2.45, 2.75) is 31.7 Å². The minimum absolute atomic E-state index is 0.300. The number of nitrogens with zero attached hydrogens (tertiary/aromatic N) is 3. The van der Waals surface area contributed by atoms with Crippen molar-refractivity contribution in [2.24, 2.45) is 5.92 Å². The molecule has 1 aromatic heterocycles. The van der Waals surface area contributed by atoms with E-state index in [4.69, 9.17) is 4.98 Å². The average Bonchev–Trinajstić information content (AvgIpc) is 3.45. The van der Waals surface area contributed by atoms with Crippen LogP contribution < -0.4 is 4.90 Å². The molecular weight excluding hydrogens is 286 g/mol. The maximum atomic E-state index is 12.3. The Morgan fingerprint density at radius 2 is 2.00 bits per heavy atom. The van der Waals surface area contributed by atoms with Gasteiger partial charge in [-0.25, -0.2) is 4.98 Å². The van der Waals surface area contributed by atoms with Crippen LogP contribution in [0.3, 0.4) is 0 Å². The molecule has 2 aliphatic rings. The molecule has 0 N–H and O–H groups in total. The summed E-state index contributed by atoms with van der Waals surface area (Å²) in [6.07, 6.45) is 4.36. The lowest BCUT2D eigenvalue weighted by Crippen LogP contribution is -2.49. The first-order valence-electron chi connectivity index (χ1n) is 8.60. The normalized spacial score (nSPS) is 21.4. The summed E-state index contributed by atoms with van der Waals surface area (Å²) >= 11 is 0. The van der Waals surface area contributed by atoms with Crippen LogP contribution in [0, 0.1) is 5.92 Å². The second kappa shape index (κ2) is 5.84. The van der Waals surface area contributed by atoms with Gasteiger partial charge in [0.15, 0.2) is 0 Å². The molecule has 0 bridgehead atoms. The largest absolute Gasteiger partial charge is 0.355 e. The molecule has 1 amide bonds. The van der Waals surface area contributed by atoms with Crippen LogP contribution in [-0.4, -0.2) is 42.0 Å². The number of aromatic nitrogens is 1. The number of amides is 1. The first kappa shape index (κ1) is 14.5. The summed E-state index contributed by atoms with van der Waals surface area (Å²) < 4.78 is 0. The molecule has 23 heavy (non-hydrogen) atoms. The number of benzene rings is 1. The zero-order chi connectivity index (χ0) is 15.8. The summed E-state index contributed by atoms with van der Waals surface area (Å²) in [6.45, 7) is 1.91. The van der Waals surface area contributed by atoms with Crippen molar-refractivity contribution in [2.75, 3.05) is 25.0 Å². The summed E-state index contributed by atoms with van der Waals surface area (Å²) in [7, 11) is 1.97. The van der Waals surface area contributed by atoms with E-state index in [0.29, 0.717) is 17.9 Å². The van der Waals surface area contributed by atoms with E-state index in [-0.39, 0.29) is 0 Å². The molecule has 4 nitrogen and oxygen atoms in total. The van der Waals surface area contributed by atoms with Crippen LogP contribution in [0.15, 0.2) is 36.4 Å². The number of carbonyl (C=O) groups is 1. The lowest BCUT2D eigenvalue weighted by Gasteiger charge is -2.38. The van der Waals surface area contributed by atoms with Gasteiger partial charge in [-0.15, -0.1) is 0 Å². The van der Waals surface area contributed by atoms with E-state index in [1.54, 1.807) is 0 Å². The number of carbonyl (C=O) groups excluding carboxylic acids is 1. The lowest BCUT2D eigenvalue weighted by atomic mass is 10.0. The van der Waals surface area contributed by atoms with Gasteiger partial charge in [0.05, 0.1) is 5.52 Å². The molecule has 1 atom stereocenters. The van der Waals surface area contributed by atoms with Crippen molar-refractivity contribution in [3.05, 3.63) is 36.4 Å². The first-order valence-corrected chi connectivity index (χ1v) is 8.60. The van der Waals surface area contributed by atoms with Crippen LogP contribution in [0.2, 0.25) is 0 Å². The Kier molecular flexibility index (Phi) is 3.68. The number of hydrogen-bond acceptors (Lipinski definition) is 3. The molecule has 1 aliphatic carbocycles. The zero-order valence-electron chi connectivity index (χ0n) is 13.6. The second-order valence-electron chi connectivity index (χ2n) is 6.83. The van der Waals surface area contributed by atoms with Gasteiger partial charge in [-0.3, -0.25) is 4.79 Å². The van der Waals surface area contributed by atoms with Crippen LogP contribution >= 0.6 is 0 Å². The van der Waals surface area contributed by atoms with E-state index < -0.39 is 0 Å². The van der Waals surface area contributed by atoms with Gasteiger partial charge in [0.1, 0.15) is 5.82 Å². The number of anilines is 1. The van der Waals surface area contributed by atoms with Crippen LogP contribution in [0.1, 0.15) is 25.7 Å². The number of pyridine rings is 1. The predicted molar refractivity (Wildman–Crippen MR) is 92.5 cm³/mol. The highest BCUT2D eigenvalue weighted by molar-refractivity contribution is 5.81. The number of hydrogen-bond donors (Lipinski definition) is 0. The molecule has 2 aromatic rings. The van der Waals surface area contributed by atoms with Gasteiger partial charge in [0.25, 0.3) is 0 Å². The standard InChI is InChI=1S/C19H23N3O/c1-21(19(23)15-8-9-15)16-6-4-12-22(13-16)18-11-10-14-5-2-3-7-17(14)20-18/h2-3,5,7,10-11,15-16H,4,6,8-9,12-13H2,1H3. The Bertz CT molecular complexity index is 725. The quantitative estimate of drug-likeness (QED) is 0.874. The fourth-order valence-corrected chi connectivity index (χ4v) is 3.51. The molecule has 1 saturated heterocycles. The van der Waals surface area contributed by atoms with E-state index >= 15 is 0 Å². The molecule has 4 rings (SSSR count). The third-order valence-electron chi connectivity index (χ3n) is 5.13. The Hall–Kier alpha value is -2.10. The number of para-hydroxylation sites is 1. The molecule has 2 heterocycles. The van der Waals surface area contributed by atoms with E-state index in [0.717, 1.165) is 50.1 Å². The fourth-order valence-electron chi connectivity index (χ4n) is 3.51. The van der Waals surface area contributed by atoms with Crippen molar-refractivity contribution in [1.82, 2.24) is 9.88 Å². The number of rotatable bonds is 3. The number of fused-ring (bicyclic) bond motifs is 1. The van der Waals surface area contributed by atoms with E-state index in [9.17, 15) is 4.79 Å². The maximum absolute atomic E-state index is 12.3. The summed E-state index contributed by atoms with van der Waals surface area (Å²) in [4.78, 5) is 21.4. The van der Waals surface area contributed by atoms with E-state index in [2.05, 4.69) is 29.2 Å². The van der Waals surface area contributed by atoms with E-state index in [1.807, 2.05) is 24.1 Å². The highest BCUT2D eigenvalue weighted by Gasteiger charge is 2.35. The van der Waals surface area contributed by atoms with Gasteiger partial charge in [-0.1, -0.05) is 18.2 Å². The molecule has 0 radical (unpaired) electrons. The topological polar surface area (TPSA) is 36.4 Å². The van der Waals surface area contributed by atoms with Crippen molar-refractivity contribution in [3.63, 3.8) is 0 Å². The molecular formula is C19H23N3O. The third kappa shape index (κ3) is 2.90. The van der Waals surface area contributed by atoms with Crippen molar-refractivity contribution >= 4 is 22.6 Å². The fraction of sp³-hybridized carbons (Fsp3) is 0.474. The smallest absolute Gasteiger partial charge is 0.225 e. The SMILES string of the molecule is CN(C(=O)C1CC1)C1CCCN(c2ccc3ccccc3n2)C1. The van der Waals surface area contributed by atoms with Gasteiger partial charge in [0.2, 0.25) is 5.91 Å². The molecule has 0 spiro atoms. The Morgan fingerprint density at radius 1 is 1.17 bits per heavy atom. The predicted octanol–water partition coefficient (Wildman–Crippen LogP) is 3.07. The van der Waals surface area contributed by atoms with Crippen LogP contribution in [0.5, 0.6) is 0 Å². The van der Waals surface area contributed by atoms with Crippen LogP contribution in [-0.2, 0) is 4.79 Å². The van der Waals surface area contributed by atoms with Crippen molar-refractivity contribution in [3.8, 4) is 0 Å². The summed E-state index contributed by atoms with van der Waals surface area (Å²) in [5, 5.41) is 1.17. The Labute approximate surface area is 137 Å². The molecule has 1 aromatic carbocycles. The molecule has 1 aliphatic heterocycles. The van der Waals surface area contributed by atoms with E-state index in [1.165, 1.54) is 5.39 Å². The molecule has 4 heteroatoms. The van der Waals surface area contributed by atoms with Gasteiger partial charge in [0, 0.05) is 37.5 Å². The van der Waals surface area contributed by atoms with Gasteiger partial charge >= 0.3 is 0 Å². The molecule has 1 unspecified atom stereocenters. The summed E-state index contributed by atoms with van der Waals surface area (Å²) in [5.74, 6) is 1.66. The minimum atomic E-state index is 0.300. The van der Waals surface area contributed by atoms with Crippen LogP contribution in [0.4, 0.5) is 5.82 Å². The lowest BCUT2D eigenvalue weighted by molar-refractivity contribution is -0.133. The monoisotopic (exact) mass is 309 g/mol. The average molecular weight is 309 g/mol. The second-order valence-corrected chi connectivity index (χ2v) is 6.83. The zero-order valence-corrected chi connectivity index (χ0v) is 13.6. The Morgan fingerprint density at radius 3 is 2.83 bits per heavy atom. The van der Waals surface area contributed by atoms with Gasteiger partial charge < -0.3 is 9.80 Å². The highest BCUT2D eigenvalue weighted by Crippen LogP contribution is 2.32. The summed E-state index contributed by atoms with van der Waals surface area (Å²) in [6, 6.07) is 12.8. The minimum Gasteiger partial charge on any atom is -0.355 e. The van der Waals surface area contributed by atoms with Gasteiger partial charge in [-0.05, 0) is 43.9 Å². The first-order chi connectivity index (χ1) is 11.2. The highest BCUT2D eigenvalue weighted by atomic mass is 16.2. The third-order valence-corrected chi connectivity index (χ3v) is 5.13. The molecule has 120 valence electrons. The Balaban J connectivity index is 1.52.